The Morgan fingerprint density at radius 1 is 1.04 bits per heavy atom. The minimum Gasteiger partial charge on any atom is -0.354 e. The highest BCUT2D eigenvalue weighted by molar-refractivity contribution is 9.10. The minimum absolute atomic E-state index is 0.0430. The minimum atomic E-state index is -0.586. The van der Waals surface area contributed by atoms with Crippen molar-refractivity contribution in [3.05, 3.63) is 64.8 Å². The number of H-pyrrole nitrogens is 1. The predicted molar refractivity (Wildman–Crippen MR) is 93.6 cm³/mol. The Labute approximate surface area is 145 Å². The van der Waals surface area contributed by atoms with Gasteiger partial charge in [-0.25, -0.2) is 8.78 Å². The van der Waals surface area contributed by atoms with E-state index < -0.39 is 11.6 Å². The van der Waals surface area contributed by atoms with Crippen LogP contribution in [0.25, 0.3) is 33.4 Å². The maximum absolute atomic E-state index is 14.0. The maximum Gasteiger partial charge on any atom is 0.135 e. The molecular formula is C18H12BrF2N3. The first kappa shape index (κ1) is 15.1. The summed E-state index contributed by atoms with van der Waals surface area (Å²) in [5, 5.41) is 5.15. The fourth-order valence-corrected chi connectivity index (χ4v) is 3.34. The zero-order valence-corrected chi connectivity index (χ0v) is 14.2. The van der Waals surface area contributed by atoms with Crippen LogP contribution >= 0.6 is 15.9 Å². The second-order valence-electron chi connectivity index (χ2n) is 5.56. The van der Waals surface area contributed by atoms with Crippen LogP contribution in [0.3, 0.4) is 0 Å². The van der Waals surface area contributed by atoms with Crippen molar-refractivity contribution in [1.82, 2.24) is 14.8 Å². The molecule has 0 unspecified atom stereocenters. The molecule has 4 rings (SSSR count). The summed E-state index contributed by atoms with van der Waals surface area (Å²) in [6.45, 7) is 0. The van der Waals surface area contributed by atoms with Gasteiger partial charge in [0.05, 0.1) is 17.0 Å². The van der Waals surface area contributed by atoms with E-state index in [1.165, 1.54) is 18.2 Å². The van der Waals surface area contributed by atoms with E-state index >= 15 is 0 Å². The van der Waals surface area contributed by atoms with Gasteiger partial charge in [0.1, 0.15) is 16.2 Å². The van der Waals surface area contributed by atoms with Gasteiger partial charge in [-0.2, -0.15) is 5.10 Å². The second-order valence-corrected chi connectivity index (χ2v) is 6.37. The lowest BCUT2D eigenvalue weighted by atomic mass is 10.1. The number of benzene rings is 2. The lowest BCUT2D eigenvalue weighted by molar-refractivity contribution is 0.589. The number of aromatic nitrogens is 3. The number of aromatic amines is 1. The van der Waals surface area contributed by atoms with Gasteiger partial charge in [0.25, 0.3) is 0 Å². The Bertz CT molecular complexity index is 1050. The first-order chi connectivity index (χ1) is 11.5. The summed E-state index contributed by atoms with van der Waals surface area (Å²) in [4.78, 5) is 3.08. The fourth-order valence-electron chi connectivity index (χ4n) is 2.88. The lowest BCUT2D eigenvalue weighted by Gasteiger charge is -2.01. The van der Waals surface area contributed by atoms with Gasteiger partial charge in [-0.1, -0.05) is 12.1 Å². The molecule has 4 aromatic rings. The molecule has 0 radical (unpaired) electrons. The first-order valence-electron chi connectivity index (χ1n) is 7.30. The summed E-state index contributed by atoms with van der Waals surface area (Å²) < 4.78 is 30.5. The highest BCUT2D eigenvalue weighted by Crippen LogP contribution is 2.31. The van der Waals surface area contributed by atoms with Gasteiger partial charge in [-0.15, -0.1) is 0 Å². The predicted octanol–water partition coefficient (Wildman–Crippen LogP) is 5.28. The molecule has 0 atom stereocenters. The number of nitrogens with one attached hydrogen (secondary N) is 1. The number of nitrogens with zero attached hydrogens (tertiary/aromatic N) is 2. The van der Waals surface area contributed by atoms with Crippen molar-refractivity contribution < 1.29 is 8.78 Å². The second kappa shape index (κ2) is 5.56. The van der Waals surface area contributed by atoms with E-state index in [2.05, 4.69) is 26.0 Å². The molecule has 0 saturated carbocycles. The molecule has 120 valence electrons. The third-order valence-electron chi connectivity index (χ3n) is 4.00. The smallest absolute Gasteiger partial charge is 0.135 e. The summed E-state index contributed by atoms with van der Waals surface area (Å²) in [6, 6.07) is 13.4. The van der Waals surface area contributed by atoms with E-state index in [1.807, 2.05) is 31.3 Å². The number of aryl methyl sites for hydroxylation is 1. The zero-order valence-electron chi connectivity index (χ0n) is 12.6. The average molecular weight is 388 g/mol. The molecule has 0 amide bonds. The van der Waals surface area contributed by atoms with Crippen LogP contribution in [-0.4, -0.2) is 14.8 Å². The van der Waals surface area contributed by atoms with Gasteiger partial charge in [-0.05, 0) is 52.3 Å². The van der Waals surface area contributed by atoms with Crippen LogP contribution in [-0.2, 0) is 7.05 Å². The van der Waals surface area contributed by atoms with Crippen LogP contribution in [0.5, 0.6) is 0 Å². The van der Waals surface area contributed by atoms with Crippen molar-refractivity contribution in [3.63, 3.8) is 0 Å². The third-order valence-corrected chi connectivity index (χ3v) is 4.39. The molecular weight excluding hydrogens is 376 g/mol. The summed E-state index contributed by atoms with van der Waals surface area (Å²) in [5.41, 5.74) is 3.12. The molecule has 0 bridgehead atoms. The highest BCUT2D eigenvalue weighted by Gasteiger charge is 2.14. The van der Waals surface area contributed by atoms with Crippen molar-refractivity contribution in [2.45, 2.75) is 0 Å². The largest absolute Gasteiger partial charge is 0.354 e. The molecule has 6 heteroatoms. The van der Waals surface area contributed by atoms with E-state index in [1.54, 1.807) is 10.7 Å². The van der Waals surface area contributed by atoms with Crippen molar-refractivity contribution in [1.29, 1.82) is 0 Å². The Hall–Kier alpha value is -2.47. The standard InChI is InChI=1S/C18H12BrF2N3/c1-24-16(9-17(19)23-24)10-5-6-14-11(7-10)8-15(22-14)18-12(20)3-2-4-13(18)21/h2-9,22H,1H3. The average Bonchev–Trinajstić information content (AvgIpc) is 3.09. The van der Waals surface area contributed by atoms with E-state index in [-0.39, 0.29) is 5.56 Å². The van der Waals surface area contributed by atoms with Crippen LogP contribution in [0.2, 0.25) is 0 Å². The molecule has 1 N–H and O–H groups in total. The number of hydrogen-bond donors (Lipinski definition) is 1. The summed E-state index contributed by atoms with van der Waals surface area (Å²) >= 11 is 3.36. The Morgan fingerprint density at radius 2 is 1.79 bits per heavy atom. The maximum atomic E-state index is 14.0. The molecule has 0 spiro atoms. The Kier molecular flexibility index (Phi) is 3.49. The molecule has 0 aliphatic carbocycles. The van der Waals surface area contributed by atoms with E-state index in [0.717, 1.165) is 26.8 Å². The Morgan fingerprint density at radius 3 is 2.46 bits per heavy atom. The summed E-state index contributed by atoms with van der Waals surface area (Å²) in [5.74, 6) is -1.17. The molecule has 3 nitrogen and oxygen atoms in total. The summed E-state index contributed by atoms with van der Waals surface area (Å²) in [7, 11) is 1.86. The lowest BCUT2D eigenvalue weighted by Crippen LogP contribution is -1.93. The van der Waals surface area contributed by atoms with E-state index in [9.17, 15) is 8.78 Å². The topological polar surface area (TPSA) is 33.6 Å². The molecule has 0 saturated heterocycles. The molecule has 2 aromatic heterocycles. The molecule has 0 fully saturated rings. The number of fused-ring (bicyclic) bond motifs is 1. The van der Waals surface area contributed by atoms with Gasteiger partial charge in [0, 0.05) is 23.5 Å². The SMILES string of the molecule is Cn1nc(Br)cc1-c1ccc2[nH]c(-c3c(F)cccc3F)cc2c1. The van der Waals surface area contributed by atoms with Gasteiger partial charge in [-0.3, -0.25) is 4.68 Å². The monoisotopic (exact) mass is 387 g/mol. The Balaban J connectivity index is 1.86. The zero-order chi connectivity index (χ0) is 16.8. The fraction of sp³-hybridized carbons (Fsp3) is 0.0556. The molecule has 2 heterocycles. The van der Waals surface area contributed by atoms with E-state index in [0.29, 0.717) is 5.69 Å². The van der Waals surface area contributed by atoms with Crippen LogP contribution in [0.4, 0.5) is 8.78 Å². The van der Waals surface area contributed by atoms with E-state index in [4.69, 9.17) is 0 Å². The van der Waals surface area contributed by atoms with Gasteiger partial charge in [0.15, 0.2) is 0 Å². The number of halogens is 3. The quantitative estimate of drug-likeness (QED) is 0.498. The number of hydrogen-bond acceptors (Lipinski definition) is 1. The summed E-state index contributed by atoms with van der Waals surface area (Å²) in [6.07, 6.45) is 0. The van der Waals surface area contributed by atoms with Crippen LogP contribution < -0.4 is 0 Å². The molecule has 0 aliphatic rings. The molecule has 2 aromatic carbocycles. The first-order valence-corrected chi connectivity index (χ1v) is 8.09. The normalized spacial score (nSPS) is 11.3. The van der Waals surface area contributed by atoms with Crippen LogP contribution in [0, 0.1) is 11.6 Å². The van der Waals surface area contributed by atoms with Gasteiger partial charge < -0.3 is 4.98 Å². The van der Waals surface area contributed by atoms with Gasteiger partial charge in [0.2, 0.25) is 0 Å². The molecule has 24 heavy (non-hydrogen) atoms. The number of rotatable bonds is 2. The molecule has 0 aliphatic heterocycles. The van der Waals surface area contributed by atoms with Gasteiger partial charge >= 0.3 is 0 Å². The van der Waals surface area contributed by atoms with Crippen LogP contribution in [0.1, 0.15) is 0 Å². The third kappa shape index (κ3) is 2.43. The van der Waals surface area contributed by atoms with Crippen LogP contribution in [0.15, 0.2) is 53.1 Å². The van der Waals surface area contributed by atoms with Crippen molar-refractivity contribution in [3.8, 4) is 22.5 Å². The van der Waals surface area contributed by atoms with Crippen molar-refractivity contribution in [2.75, 3.05) is 0 Å². The van der Waals surface area contributed by atoms with Crippen molar-refractivity contribution in [2.24, 2.45) is 7.05 Å². The van der Waals surface area contributed by atoms with Crippen molar-refractivity contribution >= 4 is 26.8 Å². The highest BCUT2D eigenvalue weighted by atomic mass is 79.9.